The number of ketones is 1. The molecule has 11 heteroatoms. The Balaban J connectivity index is 2.52. The molecule has 0 saturated carbocycles. The second-order valence-electron chi connectivity index (χ2n) is 13.1. The van der Waals surface area contributed by atoms with Gasteiger partial charge in [0.1, 0.15) is 11.9 Å². The molecule has 1 unspecified atom stereocenters. The van der Waals surface area contributed by atoms with Crippen molar-refractivity contribution in [3.63, 3.8) is 0 Å². The van der Waals surface area contributed by atoms with Crippen molar-refractivity contribution in [2.75, 3.05) is 0 Å². The minimum Gasteiger partial charge on any atom is -0.478 e. The highest BCUT2D eigenvalue weighted by Gasteiger charge is 2.36. The van der Waals surface area contributed by atoms with Crippen LogP contribution in [0, 0.1) is 29.6 Å². The molecular formula is C35H54O11. The van der Waals surface area contributed by atoms with Crippen molar-refractivity contribution in [1.29, 1.82) is 0 Å². The van der Waals surface area contributed by atoms with Crippen molar-refractivity contribution >= 4 is 29.7 Å². The van der Waals surface area contributed by atoms with E-state index < -0.39 is 66.5 Å². The Morgan fingerprint density at radius 1 is 0.848 bits per heavy atom. The highest BCUT2D eigenvalue weighted by Crippen LogP contribution is 2.27. The lowest BCUT2D eigenvalue weighted by Crippen LogP contribution is -2.36. The van der Waals surface area contributed by atoms with Crippen LogP contribution in [0.25, 0.3) is 0 Å². The Labute approximate surface area is 272 Å². The summed E-state index contributed by atoms with van der Waals surface area (Å²) in [5.74, 6) is -4.32. The molecule has 0 aromatic rings. The molecule has 0 saturated heterocycles. The van der Waals surface area contributed by atoms with Gasteiger partial charge in [0.05, 0.1) is 30.3 Å². The van der Waals surface area contributed by atoms with E-state index in [2.05, 4.69) is 31.6 Å². The van der Waals surface area contributed by atoms with Crippen molar-refractivity contribution in [3.05, 3.63) is 34.9 Å². The number of aliphatic hydroxyl groups is 3. The molecule has 9 atom stereocenters. The number of carboxylic acids is 1. The zero-order valence-corrected chi connectivity index (χ0v) is 28.5. The fourth-order valence-corrected chi connectivity index (χ4v) is 5.74. The summed E-state index contributed by atoms with van der Waals surface area (Å²) in [4.78, 5) is 59.3. The van der Waals surface area contributed by atoms with Gasteiger partial charge < -0.3 is 29.9 Å². The van der Waals surface area contributed by atoms with Gasteiger partial charge in [0, 0.05) is 29.9 Å². The maximum absolute atomic E-state index is 12.9. The van der Waals surface area contributed by atoms with E-state index in [4.69, 9.17) is 9.84 Å². The van der Waals surface area contributed by atoms with Gasteiger partial charge in [-0.05, 0) is 63.7 Å². The average Bonchev–Trinajstić information content (AvgIpc) is 3.22. The van der Waals surface area contributed by atoms with Crippen LogP contribution in [-0.4, -0.2) is 74.5 Å². The SMILES string of the molecule is CCC(C=CC(=O)O)=CC(C)C[C@H](C)C[C@@H](C)CC[C@H](O)[C@H](C)C(=O)C[C@@H](O)[C@H](C)[C@@H](C)OC(=O)C[C@@H](O)C1=C(C)C(=O)OC1=O. The van der Waals surface area contributed by atoms with Crippen LogP contribution in [0.4, 0.5) is 0 Å². The van der Waals surface area contributed by atoms with Crippen LogP contribution in [0.5, 0.6) is 0 Å². The highest BCUT2D eigenvalue weighted by molar-refractivity contribution is 6.12. The molecule has 4 N–H and O–H groups in total. The maximum atomic E-state index is 12.9. The predicted molar refractivity (Wildman–Crippen MR) is 171 cm³/mol. The van der Waals surface area contributed by atoms with Gasteiger partial charge in [-0.15, -0.1) is 0 Å². The molecule has 0 amide bonds. The first kappa shape index (κ1) is 40.9. The van der Waals surface area contributed by atoms with E-state index >= 15 is 0 Å². The summed E-state index contributed by atoms with van der Waals surface area (Å²) in [5.41, 5.74) is 0.626. The molecule has 1 heterocycles. The van der Waals surface area contributed by atoms with Gasteiger partial charge in [0.25, 0.3) is 0 Å². The summed E-state index contributed by atoms with van der Waals surface area (Å²) in [6.45, 7) is 14.5. The van der Waals surface area contributed by atoms with Crippen molar-refractivity contribution in [3.8, 4) is 0 Å². The number of hydrogen-bond acceptors (Lipinski definition) is 10. The normalized spacial score (nSPS) is 20.0. The number of ether oxygens (including phenoxy) is 2. The lowest BCUT2D eigenvalue weighted by atomic mass is 9.84. The number of Topliss-reactive ketones (excluding diaryl/α,β-unsaturated/α-hetero) is 1. The molecule has 0 fully saturated rings. The van der Waals surface area contributed by atoms with Crippen molar-refractivity contribution in [2.45, 2.75) is 125 Å². The van der Waals surface area contributed by atoms with Crippen molar-refractivity contribution < 1.29 is 53.9 Å². The van der Waals surface area contributed by atoms with Gasteiger partial charge in [-0.1, -0.05) is 59.3 Å². The third kappa shape index (κ3) is 13.7. The first-order valence-electron chi connectivity index (χ1n) is 16.2. The molecule has 0 aliphatic carbocycles. The lowest BCUT2D eigenvalue weighted by molar-refractivity contribution is -0.154. The van der Waals surface area contributed by atoms with E-state index in [1.54, 1.807) is 19.9 Å². The molecule has 0 aromatic carbocycles. The zero-order chi connectivity index (χ0) is 35.3. The summed E-state index contributed by atoms with van der Waals surface area (Å²) in [5, 5.41) is 40.5. The van der Waals surface area contributed by atoms with Crippen LogP contribution in [0.3, 0.4) is 0 Å². The first-order chi connectivity index (χ1) is 21.4. The number of aliphatic hydroxyl groups excluding tert-OH is 3. The third-order valence-electron chi connectivity index (χ3n) is 8.85. The van der Waals surface area contributed by atoms with E-state index in [1.165, 1.54) is 13.8 Å². The van der Waals surface area contributed by atoms with Crippen LogP contribution in [0.1, 0.15) is 100 Å². The van der Waals surface area contributed by atoms with Crippen LogP contribution in [0.15, 0.2) is 34.9 Å². The molecule has 0 radical (unpaired) electrons. The van der Waals surface area contributed by atoms with Gasteiger partial charge in [0.2, 0.25) is 0 Å². The number of carbonyl (C=O) groups is 5. The van der Waals surface area contributed by atoms with Gasteiger partial charge in [-0.2, -0.15) is 0 Å². The first-order valence-corrected chi connectivity index (χ1v) is 16.2. The molecule has 0 aromatic heterocycles. The molecule has 1 aliphatic rings. The van der Waals surface area contributed by atoms with Gasteiger partial charge >= 0.3 is 23.9 Å². The molecule has 260 valence electrons. The fourth-order valence-electron chi connectivity index (χ4n) is 5.74. The molecule has 0 bridgehead atoms. The smallest absolute Gasteiger partial charge is 0.345 e. The fraction of sp³-hybridized carbons (Fsp3) is 0.686. The van der Waals surface area contributed by atoms with E-state index in [1.807, 2.05) is 6.92 Å². The minimum absolute atomic E-state index is 0.0740. The van der Waals surface area contributed by atoms with E-state index in [9.17, 15) is 39.3 Å². The number of hydrogen-bond donors (Lipinski definition) is 4. The summed E-state index contributed by atoms with van der Waals surface area (Å²) in [6, 6.07) is 0. The quantitative estimate of drug-likeness (QED) is 0.0595. The number of allylic oxidation sites excluding steroid dienone is 3. The molecular weight excluding hydrogens is 596 g/mol. The van der Waals surface area contributed by atoms with Crippen molar-refractivity contribution in [1.82, 2.24) is 0 Å². The number of rotatable bonds is 21. The Morgan fingerprint density at radius 2 is 1.48 bits per heavy atom. The third-order valence-corrected chi connectivity index (χ3v) is 8.85. The molecule has 46 heavy (non-hydrogen) atoms. The Morgan fingerprint density at radius 3 is 2.02 bits per heavy atom. The number of esters is 3. The largest absolute Gasteiger partial charge is 0.478 e. The Kier molecular flexibility index (Phi) is 17.3. The van der Waals surface area contributed by atoms with Crippen LogP contribution in [-0.2, 0) is 33.4 Å². The molecule has 1 rings (SSSR count). The highest BCUT2D eigenvalue weighted by atomic mass is 16.6. The monoisotopic (exact) mass is 650 g/mol. The number of aliphatic carboxylic acids is 1. The lowest BCUT2D eigenvalue weighted by Gasteiger charge is -2.27. The number of carbonyl (C=O) groups excluding carboxylic acids is 4. The average molecular weight is 651 g/mol. The van der Waals surface area contributed by atoms with E-state index in [0.29, 0.717) is 18.3 Å². The topological polar surface area (TPSA) is 185 Å². The van der Waals surface area contributed by atoms with Crippen LogP contribution >= 0.6 is 0 Å². The second kappa shape index (κ2) is 19.5. The number of carboxylic acid groups (broad SMARTS) is 1. The van der Waals surface area contributed by atoms with Crippen LogP contribution < -0.4 is 0 Å². The molecule has 11 nitrogen and oxygen atoms in total. The van der Waals surface area contributed by atoms with Gasteiger partial charge in [-0.3, -0.25) is 9.59 Å². The van der Waals surface area contributed by atoms with Crippen molar-refractivity contribution in [2.24, 2.45) is 29.6 Å². The van der Waals surface area contributed by atoms with E-state index in [-0.39, 0.29) is 29.3 Å². The predicted octanol–water partition coefficient (Wildman–Crippen LogP) is 4.47. The van der Waals surface area contributed by atoms with Crippen LogP contribution in [0.2, 0.25) is 0 Å². The molecule has 0 spiro atoms. The zero-order valence-electron chi connectivity index (χ0n) is 28.5. The minimum atomic E-state index is -1.58. The van der Waals surface area contributed by atoms with Gasteiger partial charge in [0.15, 0.2) is 0 Å². The maximum Gasteiger partial charge on any atom is 0.345 e. The summed E-state index contributed by atoms with van der Waals surface area (Å²) in [7, 11) is 0. The summed E-state index contributed by atoms with van der Waals surface area (Å²) in [6.07, 6.45) is 3.48. The second-order valence-corrected chi connectivity index (χ2v) is 13.1. The molecule has 1 aliphatic heterocycles. The van der Waals surface area contributed by atoms with Gasteiger partial charge in [-0.25, -0.2) is 14.4 Å². The van der Waals surface area contributed by atoms with E-state index in [0.717, 1.165) is 37.3 Å². The summed E-state index contributed by atoms with van der Waals surface area (Å²) >= 11 is 0. The summed E-state index contributed by atoms with van der Waals surface area (Å²) < 4.78 is 9.74. The standard InChI is InChI=1S/C35H54O11/c1-9-26(11-13-31(40)41)16-21(4)15-20(3)14-19(2)10-12-27(36)23(6)29(38)17-28(37)22(5)25(8)45-32(42)18-30(39)33-24(7)34(43)46-35(33)44/h11,13,16,19-23,25,27-28,30,36-37,39H,9-10,12,14-15,17-18H2,1-8H3,(H,40,41)/t19-,20+,21?,22+,23-,25+,27-,28+,30+/m0/s1. The Hall–Kier alpha value is -3.15. The Bertz CT molecular complexity index is 1170. The number of cyclic esters (lactones) is 2.